The summed E-state index contributed by atoms with van der Waals surface area (Å²) in [6, 6.07) is 4.43. The van der Waals surface area contributed by atoms with Crippen molar-refractivity contribution in [1.29, 1.82) is 0 Å². The Kier molecular flexibility index (Phi) is 8.05. The van der Waals surface area contributed by atoms with Crippen LogP contribution in [0.15, 0.2) is 41.1 Å². The highest BCUT2D eigenvalue weighted by atomic mass is 32.1. The molecule has 3 aromatic rings. The second-order valence-electron chi connectivity index (χ2n) is 8.45. The number of anilines is 1. The molecule has 0 spiro atoms. The maximum Gasteiger partial charge on any atom is 0.296 e. The van der Waals surface area contributed by atoms with Crippen LogP contribution in [0.1, 0.15) is 64.6 Å². The molecule has 0 aliphatic carbocycles. The first-order valence-electron chi connectivity index (χ1n) is 11.8. The number of thiazole rings is 2. The Morgan fingerprint density at radius 2 is 2.00 bits per heavy atom. The number of unbranched alkanes of at least 4 members (excludes halogenated alkanes) is 3. The van der Waals surface area contributed by atoms with Gasteiger partial charge in [0.25, 0.3) is 5.91 Å². The van der Waals surface area contributed by atoms with Crippen LogP contribution in [-0.2, 0) is 4.79 Å². The third-order valence-electron chi connectivity index (χ3n) is 5.95. The van der Waals surface area contributed by atoms with Gasteiger partial charge in [-0.2, -0.15) is 0 Å². The van der Waals surface area contributed by atoms with Gasteiger partial charge in [-0.3, -0.25) is 14.5 Å². The Hall–Kier alpha value is -3.24. The summed E-state index contributed by atoms with van der Waals surface area (Å²) >= 11 is 2.49. The number of aryl methyl sites for hydroxylation is 2. The third kappa shape index (κ3) is 5.01. The van der Waals surface area contributed by atoms with E-state index < -0.39 is 23.5 Å². The van der Waals surface area contributed by atoms with E-state index in [2.05, 4.69) is 16.9 Å². The molecule has 4 rings (SSSR count). The molecule has 0 bridgehead atoms. The average Bonchev–Trinajstić information content (AvgIpc) is 3.57. The summed E-state index contributed by atoms with van der Waals surface area (Å²) in [5, 5.41) is 13.8. The number of carbonyl (C=O) groups is 2. The van der Waals surface area contributed by atoms with Crippen LogP contribution in [0.4, 0.5) is 5.13 Å². The molecule has 1 unspecified atom stereocenters. The van der Waals surface area contributed by atoms with Gasteiger partial charge in [0.2, 0.25) is 5.78 Å². The molecule has 0 fully saturated rings. The number of methoxy groups -OCH3 is 1. The van der Waals surface area contributed by atoms with E-state index in [1.165, 1.54) is 27.6 Å². The summed E-state index contributed by atoms with van der Waals surface area (Å²) in [6.07, 6.45) is 5.92. The summed E-state index contributed by atoms with van der Waals surface area (Å²) < 4.78 is 11.5. The minimum Gasteiger partial charge on any atom is -0.503 e. The molecule has 2 aromatic heterocycles. The summed E-state index contributed by atoms with van der Waals surface area (Å²) in [4.78, 5) is 37.3. The number of nitrogens with zero attached hydrogens (tertiary/aromatic N) is 3. The van der Waals surface area contributed by atoms with E-state index >= 15 is 0 Å². The topological polar surface area (TPSA) is 102 Å². The number of Topliss-reactive ketones (excluding diaryl/α,β-unsaturated/α-hetero) is 1. The highest BCUT2D eigenvalue weighted by Crippen LogP contribution is 2.45. The minimum atomic E-state index is -0.884. The number of hydrogen-bond acceptors (Lipinski definition) is 9. The number of ether oxygens (including phenoxy) is 2. The predicted octanol–water partition coefficient (Wildman–Crippen LogP) is 5.97. The summed E-state index contributed by atoms with van der Waals surface area (Å²) in [5.74, 6) is -0.619. The number of rotatable bonds is 11. The first-order chi connectivity index (χ1) is 17.4. The van der Waals surface area contributed by atoms with Crippen LogP contribution < -0.4 is 14.4 Å². The molecule has 190 valence electrons. The van der Waals surface area contributed by atoms with Crippen molar-refractivity contribution in [2.24, 2.45) is 0 Å². The fourth-order valence-electron chi connectivity index (χ4n) is 4.23. The van der Waals surface area contributed by atoms with Crippen LogP contribution in [0.5, 0.6) is 11.5 Å². The van der Waals surface area contributed by atoms with Gasteiger partial charge in [-0.25, -0.2) is 9.97 Å². The van der Waals surface area contributed by atoms with Crippen molar-refractivity contribution in [1.82, 2.24) is 9.97 Å². The lowest BCUT2D eigenvalue weighted by atomic mass is 9.95. The van der Waals surface area contributed by atoms with Crippen molar-refractivity contribution in [2.75, 3.05) is 18.6 Å². The Morgan fingerprint density at radius 1 is 1.19 bits per heavy atom. The normalized spacial score (nSPS) is 15.6. The molecule has 10 heteroatoms. The van der Waals surface area contributed by atoms with Crippen molar-refractivity contribution in [2.45, 2.75) is 52.5 Å². The van der Waals surface area contributed by atoms with Crippen molar-refractivity contribution in [3.05, 3.63) is 62.3 Å². The molecule has 0 saturated carbocycles. The van der Waals surface area contributed by atoms with Gasteiger partial charge in [0.1, 0.15) is 0 Å². The van der Waals surface area contributed by atoms with Crippen LogP contribution in [-0.4, -0.2) is 40.5 Å². The first-order valence-corrected chi connectivity index (χ1v) is 13.5. The van der Waals surface area contributed by atoms with Crippen LogP contribution in [0.25, 0.3) is 0 Å². The van der Waals surface area contributed by atoms with E-state index in [1.807, 2.05) is 6.92 Å². The molecule has 1 amide bonds. The van der Waals surface area contributed by atoms with Gasteiger partial charge < -0.3 is 14.6 Å². The van der Waals surface area contributed by atoms with E-state index in [-0.39, 0.29) is 5.57 Å². The molecule has 3 heterocycles. The molecular formula is C26H29N3O5S2. The Balaban J connectivity index is 1.74. The molecule has 1 aliphatic heterocycles. The number of ketones is 1. The van der Waals surface area contributed by atoms with E-state index in [9.17, 15) is 14.7 Å². The largest absolute Gasteiger partial charge is 0.503 e. The van der Waals surface area contributed by atoms with E-state index in [4.69, 9.17) is 9.47 Å². The molecule has 1 N–H and O–H groups in total. The fourth-order valence-corrected chi connectivity index (χ4v) is 5.77. The molecule has 1 atom stereocenters. The number of aliphatic hydroxyl groups is 1. The molecule has 0 radical (unpaired) electrons. The van der Waals surface area contributed by atoms with Gasteiger partial charge in [0, 0.05) is 11.6 Å². The number of carbonyl (C=O) groups excluding carboxylic acids is 2. The summed E-state index contributed by atoms with van der Waals surface area (Å²) in [7, 11) is 1.55. The Labute approximate surface area is 218 Å². The van der Waals surface area contributed by atoms with E-state index in [1.54, 1.807) is 43.8 Å². The minimum absolute atomic E-state index is 0.00256. The van der Waals surface area contributed by atoms with Gasteiger partial charge >= 0.3 is 0 Å². The number of amides is 1. The molecular weight excluding hydrogens is 498 g/mol. The van der Waals surface area contributed by atoms with Gasteiger partial charge in [-0.1, -0.05) is 32.3 Å². The predicted molar refractivity (Wildman–Crippen MR) is 141 cm³/mol. The van der Waals surface area contributed by atoms with Crippen LogP contribution >= 0.6 is 22.7 Å². The lowest BCUT2D eigenvalue weighted by molar-refractivity contribution is -0.117. The van der Waals surface area contributed by atoms with E-state index in [0.29, 0.717) is 39.4 Å². The number of aromatic nitrogens is 2. The van der Waals surface area contributed by atoms with E-state index in [0.717, 1.165) is 30.7 Å². The molecule has 36 heavy (non-hydrogen) atoms. The Bertz CT molecular complexity index is 1280. The summed E-state index contributed by atoms with van der Waals surface area (Å²) in [6.45, 7) is 6.29. The van der Waals surface area contributed by atoms with Crippen molar-refractivity contribution >= 4 is 39.5 Å². The molecule has 1 aliphatic rings. The lowest BCUT2D eigenvalue weighted by Gasteiger charge is -2.25. The monoisotopic (exact) mass is 527 g/mol. The lowest BCUT2D eigenvalue weighted by Crippen LogP contribution is -2.31. The zero-order chi connectivity index (χ0) is 25.8. The maximum absolute atomic E-state index is 13.7. The second-order valence-corrected chi connectivity index (χ2v) is 10.5. The first kappa shape index (κ1) is 25.8. The van der Waals surface area contributed by atoms with Gasteiger partial charge in [0.05, 0.1) is 40.9 Å². The third-order valence-corrected chi connectivity index (χ3v) is 7.79. The molecule has 0 saturated heterocycles. The maximum atomic E-state index is 13.7. The van der Waals surface area contributed by atoms with Crippen molar-refractivity contribution < 1.29 is 24.2 Å². The van der Waals surface area contributed by atoms with Crippen molar-refractivity contribution in [3.63, 3.8) is 0 Å². The highest BCUT2D eigenvalue weighted by molar-refractivity contribution is 7.14. The zero-order valence-corrected chi connectivity index (χ0v) is 22.4. The second kappa shape index (κ2) is 11.2. The van der Waals surface area contributed by atoms with Gasteiger partial charge in [0.15, 0.2) is 22.4 Å². The quantitative estimate of drug-likeness (QED) is 0.242. The van der Waals surface area contributed by atoms with Crippen LogP contribution in [0, 0.1) is 13.8 Å². The van der Waals surface area contributed by atoms with Gasteiger partial charge in [-0.05, 0) is 38.0 Å². The fraction of sp³-hybridized carbons (Fsp3) is 0.385. The number of hydrogen-bond donors (Lipinski definition) is 1. The highest BCUT2D eigenvalue weighted by Gasteiger charge is 2.46. The number of benzene rings is 1. The summed E-state index contributed by atoms with van der Waals surface area (Å²) in [5.41, 5.74) is 1.16. The van der Waals surface area contributed by atoms with Crippen molar-refractivity contribution in [3.8, 4) is 11.5 Å². The molecule has 8 nitrogen and oxygen atoms in total. The standard InChI is InChI=1S/C26H29N3O5S2/c1-5-6-7-8-12-34-18-10-9-17(14-19(18)33-4)21-20(22(30)24-15(2)28-16(3)36-24)23(31)25(32)29(21)26-27-11-13-35-26/h9-11,13-14,21,31H,5-8,12H2,1-4H3. The Morgan fingerprint density at radius 3 is 2.64 bits per heavy atom. The SMILES string of the molecule is CCCCCCOc1ccc(C2C(C(=O)c3sc(C)nc3C)=C(O)C(=O)N2c2nccs2)cc1OC. The molecule has 1 aromatic carbocycles. The smallest absolute Gasteiger partial charge is 0.296 e. The zero-order valence-electron chi connectivity index (χ0n) is 20.7. The van der Waals surface area contributed by atoms with Crippen LogP contribution in [0.2, 0.25) is 0 Å². The van der Waals surface area contributed by atoms with Gasteiger partial charge in [-0.15, -0.1) is 22.7 Å². The average molecular weight is 528 g/mol. The van der Waals surface area contributed by atoms with Crippen LogP contribution in [0.3, 0.4) is 0 Å². The number of aliphatic hydroxyl groups excluding tert-OH is 1.